The van der Waals surface area contributed by atoms with E-state index in [9.17, 15) is 35.1 Å². The van der Waals surface area contributed by atoms with Crippen LogP contribution in [0.2, 0.25) is 0 Å². The van der Waals surface area contributed by atoms with Crippen molar-refractivity contribution < 1.29 is 68.3 Å². The number of ether oxygens (including phenoxy) is 7. The van der Waals surface area contributed by atoms with Gasteiger partial charge in [0.05, 0.1) is 49.8 Å². The monoisotopic (exact) mass is 866 g/mol. The number of carbonyl (C=O) groups is 2. The number of amides is 1. The van der Waals surface area contributed by atoms with Gasteiger partial charge in [-0.25, -0.2) is 9.59 Å². The minimum atomic E-state index is -1.97. The van der Waals surface area contributed by atoms with Crippen molar-refractivity contribution in [1.82, 2.24) is 0 Å². The highest BCUT2D eigenvalue weighted by molar-refractivity contribution is 5.87. The average Bonchev–Trinajstić information content (AvgIpc) is 3.19. The number of nitrogens with two attached hydrogens (primary N) is 1. The molecule has 61 heavy (non-hydrogen) atoms. The highest BCUT2D eigenvalue weighted by Gasteiger charge is 2.52. The van der Waals surface area contributed by atoms with Crippen molar-refractivity contribution in [1.29, 1.82) is 0 Å². The number of hydrogen-bond donors (Lipinski definition) is 6. The molecule has 0 aromatic heterocycles. The summed E-state index contributed by atoms with van der Waals surface area (Å²) in [6.45, 7) is 18.2. The van der Waals surface area contributed by atoms with Gasteiger partial charge in [0.25, 0.3) is 0 Å². The van der Waals surface area contributed by atoms with Crippen LogP contribution in [-0.4, -0.2) is 125 Å². The van der Waals surface area contributed by atoms with E-state index >= 15 is 0 Å². The number of cyclic esters (lactones) is 1. The van der Waals surface area contributed by atoms with Gasteiger partial charge in [-0.2, -0.15) is 0 Å². The van der Waals surface area contributed by atoms with E-state index in [1.165, 1.54) is 20.3 Å². The van der Waals surface area contributed by atoms with Gasteiger partial charge >= 0.3 is 12.1 Å². The summed E-state index contributed by atoms with van der Waals surface area (Å²) in [6, 6.07) is 0. The van der Waals surface area contributed by atoms with Gasteiger partial charge in [-0.1, -0.05) is 89.1 Å². The fourth-order valence-electron chi connectivity index (χ4n) is 8.94. The van der Waals surface area contributed by atoms with E-state index in [1.54, 1.807) is 52.0 Å². The number of aliphatic hydroxyl groups is 5. The van der Waals surface area contributed by atoms with E-state index < -0.39 is 97.0 Å². The molecule has 0 bridgehead atoms. The number of methoxy groups -OCH3 is 2. The molecular weight excluding hydrogens is 790 g/mol. The summed E-state index contributed by atoms with van der Waals surface area (Å²) >= 11 is 0. The van der Waals surface area contributed by atoms with Gasteiger partial charge in [0, 0.05) is 49.5 Å². The van der Waals surface area contributed by atoms with Gasteiger partial charge in [0.2, 0.25) is 5.76 Å². The molecule has 3 aliphatic heterocycles. The minimum Gasteiger partial charge on any atom is -0.490 e. The predicted octanol–water partition coefficient (Wildman–Crippen LogP) is 4.98. The number of allylic oxidation sites excluding steroid dienone is 6. The van der Waals surface area contributed by atoms with Crippen molar-refractivity contribution in [3.63, 3.8) is 0 Å². The van der Waals surface area contributed by atoms with E-state index in [2.05, 4.69) is 0 Å². The minimum absolute atomic E-state index is 0.0313. The standard InChI is InChI=1S/C46H75NO14/c1-13-16-34-28(7)37(58-38-22-33(48)43(31(10)57-38)60-45(47)53)23-46(54,61-34)30(9)41(51)29(8)42-35(55-11)18-15-17-24(3)19-26(5)39(49)32(14-2)40(50)27(6)20-25(4)21-36(56-12)44(52)59-42/h13,15-18,20-21,26-35,37-43,48-51,54H,14,19,22-23H2,1-12H3,(H2,47,53)/b16-13+,18-15+,24-17+,25-20+,36-21-/t26-,27+,28-,29+,30-,31-,32-,33-,34+,35+,37-,38+,39-,40+,41-,42+,43-,46+/m1/s1. The van der Waals surface area contributed by atoms with Crippen molar-refractivity contribution in [2.24, 2.45) is 41.2 Å². The Balaban J connectivity index is 2.00. The topological polar surface area (TPSA) is 226 Å². The number of esters is 1. The van der Waals surface area contributed by atoms with Crippen LogP contribution >= 0.6 is 0 Å². The second-order valence-corrected chi connectivity index (χ2v) is 17.5. The molecule has 3 rings (SSSR count). The molecular formula is C46H75NO14. The summed E-state index contributed by atoms with van der Waals surface area (Å²) in [5.74, 6) is -6.00. The van der Waals surface area contributed by atoms with E-state index in [4.69, 9.17) is 38.9 Å². The van der Waals surface area contributed by atoms with Crippen LogP contribution in [0.3, 0.4) is 0 Å². The quantitative estimate of drug-likeness (QED) is 0.119. The van der Waals surface area contributed by atoms with Crippen LogP contribution in [0.1, 0.15) is 94.9 Å². The summed E-state index contributed by atoms with van der Waals surface area (Å²) in [4.78, 5) is 25.4. The molecule has 15 heteroatoms. The number of carbonyl (C=O) groups excluding carboxylic acids is 2. The molecule has 7 N–H and O–H groups in total. The van der Waals surface area contributed by atoms with Gasteiger partial charge in [-0.05, 0) is 52.5 Å². The second kappa shape index (κ2) is 23.5. The molecule has 0 unspecified atom stereocenters. The zero-order chi connectivity index (χ0) is 45.9. The first-order chi connectivity index (χ1) is 28.6. The van der Waals surface area contributed by atoms with Crippen LogP contribution in [0.5, 0.6) is 0 Å². The van der Waals surface area contributed by atoms with E-state index in [1.807, 2.05) is 53.7 Å². The van der Waals surface area contributed by atoms with Gasteiger partial charge in [0.1, 0.15) is 12.2 Å². The second-order valence-electron chi connectivity index (χ2n) is 17.5. The number of rotatable bonds is 11. The zero-order valence-corrected chi connectivity index (χ0v) is 38.2. The highest BCUT2D eigenvalue weighted by atomic mass is 16.7. The maximum absolute atomic E-state index is 13.9. The normalized spacial score (nSPS) is 42.2. The molecule has 0 spiro atoms. The molecule has 0 aliphatic carbocycles. The Kier molecular flexibility index (Phi) is 20.1. The molecule has 3 heterocycles. The molecule has 348 valence electrons. The molecule has 2 fully saturated rings. The highest BCUT2D eigenvalue weighted by Crippen LogP contribution is 2.42. The summed E-state index contributed by atoms with van der Waals surface area (Å²) in [6.07, 6.45) is 2.20. The molecule has 1 amide bonds. The molecule has 0 radical (unpaired) electrons. The van der Waals surface area contributed by atoms with Gasteiger partial charge in [0.15, 0.2) is 18.2 Å². The third-order valence-corrected chi connectivity index (χ3v) is 12.8. The lowest BCUT2D eigenvalue weighted by molar-refractivity contribution is -0.338. The first-order valence-electron chi connectivity index (χ1n) is 21.7. The fraction of sp³-hybridized carbons (Fsp3) is 0.739. The molecule has 0 aromatic carbocycles. The molecule has 0 aromatic rings. The first kappa shape index (κ1) is 52.2. The van der Waals surface area contributed by atoms with Crippen molar-refractivity contribution in [3.05, 3.63) is 59.4 Å². The van der Waals surface area contributed by atoms with Crippen LogP contribution < -0.4 is 5.73 Å². The third kappa shape index (κ3) is 13.7. The van der Waals surface area contributed by atoms with E-state index in [0.29, 0.717) is 18.4 Å². The van der Waals surface area contributed by atoms with Crippen LogP contribution in [-0.2, 0) is 38.0 Å². The lowest BCUT2D eigenvalue weighted by Crippen LogP contribution is -2.59. The Morgan fingerprint density at radius 3 is 2.34 bits per heavy atom. The van der Waals surface area contributed by atoms with Crippen molar-refractivity contribution in [2.45, 2.75) is 168 Å². The fourth-order valence-corrected chi connectivity index (χ4v) is 8.94. The van der Waals surface area contributed by atoms with Crippen molar-refractivity contribution in [3.8, 4) is 0 Å². The number of hydrogen-bond acceptors (Lipinski definition) is 14. The summed E-state index contributed by atoms with van der Waals surface area (Å²) < 4.78 is 41.4. The largest absolute Gasteiger partial charge is 0.490 e. The first-order valence-corrected chi connectivity index (χ1v) is 21.7. The lowest BCUT2D eigenvalue weighted by atomic mass is 9.77. The molecule has 18 atom stereocenters. The third-order valence-electron chi connectivity index (χ3n) is 12.8. The van der Waals surface area contributed by atoms with E-state index in [0.717, 1.165) is 5.57 Å². The zero-order valence-electron chi connectivity index (χ0n) is 38.2. The molecule has 3 aliphatic rings. The molecule has 0 saturated carbocycles. The van der Waals surface area contributed by atoms with Crippen LogP contribution in [0.25, 0.3) is 0 Å². The maximum Gasteiger partial charge on any atom is 0.404 e. The molecule has 15 nitrogen and oxygen atoms in total. The summed E-state index contributed by atoms with van der Waals surface area (Å²) in [5, 5.41) is 58.0. The SMILES string of the molecule is C/C=C/[C@@H]1O[C@](O)([C@H](C)[C@H](O)[C@H](C)[C@@H]2OC(=O)/C(OC)=C/C(C)=C/[C@H](C)[C@H](O)[C@H](CC)[C@H](O)[C@H](C)C/C(C)=C/C=C/[C@@H]2OC)C[C@@H](O[C@H]2C[C@@H](O)[C@H](OC(N)=O)[C@@H](C)O2)[C@@H]1C. The average molecular weight is 866 g/mol. The Bertz CT molecular complexity index is 1570. The summed E-state index contributed by atoms with van der Waals surface area (Å²) in [7, 11) is 2.81. The van der Waals surface area contributed by atoms with Gasteiger partial charge in [-0.3, -0.25) is 0 Å². The molecule has 2 saturated heterocycles. The van der Waals surface area contributed by atoms with Crippen LogP contribution in [0.15, 0.2) is 59.4 Å². The maximum atomic E-state index is 13.9. The Morgan fingerprint density at radius 2 is 1.77 bits per heavy atom. The Morgan fingerprint density at radius 1 is 1.10 bits per heavy atom. The van der Waals surface area contributed by atoms with Crippen molar-refractivity contribution >= 4 is 12.1 Å². The smallest absolute Gasteiger partial charge is 0.404 e. The number of primary amides is 1. The van der Waals surface area contributed by atoms with Crippen molar-refractivity contribution in [2.75, 3.05) is 14.2 Å². The van der Waals surface area contributed by atoms with Gasteiger partial charge < -0.3 is 64.4 Å². The van der Waals surface area contributed by atoms with Crippen LogP contribution in [0.4, 0.5) is 4.79 Å². The predicted molar refractivity (Wildman–Crippen MR) is 228 cm³/mol. The van der Waals surface area contributed by atoms with Gasteiger partial charge in [-0.15, -0.1) is 0 Å². The Labute approximate surface area is 362 Å². The van der Waals surface area contributed by atoms with E-state index in [-0.39, 0.29) is 42.3 Å². The Hall–Kier alpha value is -3.12. The summed E-state index contributed by atoms with van der Waals surface area (Å²) in [5.41, 5.74) is 6.78. The number of aliphatic hydroxyl groups excluding tert-OH is 4. The van der Waals surface area contributed by atoms with Crippen LogP contribution in [0, 0.1) is 35.5 Å². The lowest BCUT2D eigenvalue weighted by Gasteiger charge is -2.49.